The van der Waals surface area contributed by atoms with Gasteiger partial charge in [0.1, 0.15) is 0 Å². The molecule has 21 heavy (non-hydrogen) atoms. The second kappa shape index (κ2) is 5.37. The highest BCUT2D eigenvalue weighted by molar-refractivity contribution is 9.10. The standard InChI is InChI=1S/C16H14BrF2NO/c17-14-4-1-3-11-9-12(5-6-13(11)14)15(21)20-8-2-7-16(18,19)10-20/h1,3-6,9H,2,7-8,10H2. The molecule has 0 aromatic heterocycles. The van der Waals surface area contributed by atoms with Gasteiger partial charge in [-0.3, -0.25) is 4.79 Å². The van der Waals surface area contributed by atoms with Crippen molar-refractivity contribution in [2.75, 3.05) is 13.1 Å². The highest BCUT2D eigenvalue weighted by Crippen LogP contribution is 2.29. The number of hydrogen-bond acceptors (Lipinski definition) is 1. The second-order valence-electron chi connectivity index (χ2n) is 5.36. The third-order valence-corrected chi connectivity index (χ3v) is 4.45. The summed E-state index contributed by atoms with van der Waals surface area (Å²) in [5, 5.41) is 1.91. The van der Waals surface area contributed by atoms with Crippen molar-refractivity contribution in [1.82, 2.24) is 4.90 Å². The Morgan fingerprint density at radius 1 is 1.24 bits per heavy atom. The zero-order valence-corrected chi connectivity index (χ0v) is 12.9. The fraction of sp³-hybridized carbons (Fsp3) is 0.312. The van der Waals surface area contributed by atoms with Gasteiger partial charge in [0.05, 0.1) is 6.54 Å². The number of carbonyl (C=O) groups excluding carboxylic acids is 1. The summed E-state index contributed by atoms with van der Waals surface area (Å²) in [7, 11) is 0. The summed E-state index contributed by atoms with van der Waals surface area (Å²) >= 11 is 3.46. The van der Waals surface area contributed by atoms with E-state index in [1.807, 2.05) is 24.3 Å². The molecule has 0 unspecified atom stereocenters. The van der Waals surface area contributed by atoms with E-state index in [2.05, 4.69) is 15.9 Å². The van der Waals surface area contributed by atoms with Gasteiger partial charge in [-0.25, -0.2) is 8.78 Å². The number of rotatable bonds is 1. The zero-order chi connectivity index (χ0) is 15.0. The van der Waals surface area contributed by atoms with Crippen LogP contribution in [0.2, 0.25) is 0 Å². The number of fused-ring (bicyclic) bond motifs is 1. The summed E-state index contributed by atoms with van der Waals surface area (Å²) in [5.41, 5.74) is 0.457. The van der Waals surface area contributed by atoms with Crippen molar-refractivity contribution in [1.29, 1.82) is 0 Å². The minimum Gasteiger partial charge on any atom is -0.333 e. The predicted molar refractivity (Wildman–Crippen MR) is 81.7 cm³/mol. The number of carbonyl (C=O) groups is 1. The van der Waals surface area contributed by atoms with Gasteiger partial charge in [0, 0.05) is 23.0 Å². The molecule has 1 fully saturated rings. The Balaban J connectivity index is 1.91. The van der Waals surface area contributed by atoms with Gasteiger partial charge in [-0.15, -0.1) is 0 Å². The molecule has 2 nitrogen and oxygen atoms in total. The molecule has 1 aliphatic heterocycles. The highest BCUT2D eigenvalue weighted by Gasteiger charge is 2.37. The van der Waals surface area contributed by atoms with Crippen LogP contribution in [-0.4, -0.2) is 29.8 Å². The van der Waals surface area contributed by atoms with E-state index in [0.717, 1.165) is 15.2 Å². The predicted octanol–water partition coefficient (Wildman–Crippen LogP) is 4.47. The van der Waals surface area contributed by atoms with Crippen LogP contribution in [0.25, 0.3) is 10.8 Å². The molecular formula is C16H14BrF2NO. The molecule has 1 amide bonds. The topological polar surface area (TPSA) is 20.3 Å². The zero-order valence-electron chi connectivity index (χ0n) is 11.3. The quantitative estimate of drug-likeness (QED) is 0.740. The van der Waals surface area contributed by atoms with Crippen LogP contribution in [0, 0.1) is 0 Å². The second-order valence-corrected chi connectivity index (χ2v) is 6.22. The Hall–Kier alpha value is -1.49. The molecule has 1 heterocycles. The molecule has 110 valence electrons. The van der Waals surface area contributed by atoms with Gasteiger partial charge in [-0.2, -0.15) is 0 Å². The van der Waals surface area contributed by atoms with E-state index >= 15 is 0 Å². The Morgan fingerprint density at radius 3 is 2.81 bits per heavy atom. The van der Waals surface area contributed by atoms with Crippen molar-refractivity contribution in [2.45, 2.75) is 18.8 Å². The SMILES string of the molecule is O=C(c1ccc2c(Br)cccc2c1)N1CCCC(F)(F)C1. The molecule has 0 bridgehead atoms. The van der Waals surface area contributed by atoms with Gasteiger partial charge in [-0.1, -0.05) is 34.1 Å². The lowest BCUT2D eigenvalue weighted by molar-refractivity contribution is -0.0560. The lowest BCUT2D eigenvalue weighted by Crippen LogP contribution is -2.45. The van der Waals surface area contributed by atoms with E-state index in [1.54, 1.807) is 12.1 Å². The first-order valence-corrected chi connectivity index (χ1v) is 7.61. The number of amides is 1. The maximum absolute atomic E-state index is 13.4. The van der Waals surface area contributed by atoms with Crippen molar-refractivity contribution in [2.24, 2.45) is 0 Å². The van der Waals surface area contributed by atoms with Gasteiger partial charge in [-0.05, 0) is 35.4 Å². The molecule has 0 N–H and O–H groups in total. The lowest BCUT2D eigenvalue weighted by atomic mass is 10.0. The van der Waals surface area contributed by atoms with Crippen LogP contribution in [0.1, 0.15) is 23.2 Å². The average Bonchev–Trinajstić information content (AvgIpc) is 2.45. The van der Waals surface area contributed by atoms with E-state index in [0.29, 0.717) is 18.5 Å². The maximum atomic E-state index is 13.4. The number of piperidine rings is 1. The number of benzene rings is 2. The molecule has 2 aromatic carbocycles. The third-order valence-electron chi connectivity index (χ3n) is 3.75. The van der Waals surface area contributed by atoms with Gasteiger partial charge in [0.25, 0.3) is 11.8 Å². The first-order chi connectivity index (χ1) is 9.96. The van der Waals surface area contributed by atoms with Crippen molar-refractivity contribution < 1.29 is 13.6 Å². The summed E-state index contributed by atoms with van der Waals surface area (Å²) in [6, 6.07) is 11.0. The Kier molecular flexibility index (Phi) is 3.69. The fourth-order valence-electron chi connectivity index (χ4n) is 2.70. The molecule has 1 aliphatic rings. The van der Waals surface area contributed by atoms with E-state index in [4.69, 9.17) is 0 Å². The van der Waals surface area contributed by atoms with Crippen LogP contribution in [0.15, 0.2) is 40.9 Å². The van der Waals surface area contributed by atoms with E-state index in [1.165, 1.54) is 4.90 Å². The van der Waals surface area contributed by atoms with Crippen molar-refractivity contribution in [3.63, 3.8) is 0 Å². The molecule has 0 radical (unpaired) electrons. The van der Waals surface area contributed by atoms with Crippen LogP contribution in [0.5, 0.6) is 0 Å². The largest absolute Gasteiger partial charge is 0.333 e. The molecule has 3 rings (SSSR count). The first-order valence-electron chi connectivity index (χ1n) is 6.82. The van der Waals surface area contributed by atoms with Crippen molar-refractivity contribution in [3.05, 3.63) is 46.4 Å². The normalized spacial score (nSPS) is 18.0. The maximum Gasteiger partial charge on any atom is 0.265 e. The van der Waals surface area contributed by atoms with Crippen molar-refractivity contribution in [3.8, 4) is 0 Å². The number of alkyl halides is 2. The van der Waals surface area contributed by atoms with Crippen LogP contribution >= 0.6 is 15.9 Å². The first kappa shape index (κ1) is 14.4. The third kappa shape index (κ3) is 2.93. The summed E-state index contributed by atoms with van der Waals surface area (Å²) in [5.74, 6) is -3.09. The van der Waals surface area contributed by atoms with E-state index < -0.39 is 12.5 Å². The molecule has 0 saturated carbocycles. The van der Waals surface area contributed by atoms with Gasteiger partial charge < -0.3 is 4.90 Å². The molecule has 0 atom stereocenters. The Morgan fingerprint density at radius 2 is 2.05 bits per heavy atom. The fourth-order valence-corrected chi connectivity index (χ4v) is 3.21. The van der Waals surface area contributed by atoms with E-state index in [-0.39, 0.29) is 12.3 Å². The smallest absolute Gasteiger partial charge is 0.265 e. The van der Waals surface area contributed by atoms with Crippen LogP contribution in [0.4, 0.5) is 8.78 Å². The Labute approximate surface area is 129 Å². The minimum absolute atomic E-state index is 0.137. The molecule has 5 heteroatoms. The number of nitrogens with zero attached hydrogens (tertiary/aromatic N) is 1. The summed E-state index contributed by atoms with van der Waals surface area (Å²) in [6.07, 6.45) is 0.208. The van der Waals surface area contributed by atoms with Gasteiger partial charge in [0.2, 0.25) is 0 Å². The van der Waals surface area contributed by atoms with E-state index in [9.17, 15) is 13.6 Å². The summed E-state index contributed by atoms with van der Waals surface area (Å²) in [4.78, 5) is 13.6. The molecule has 2 aromatic rings. The lowest BCUT2D eigenvalue weighted by Gasteiger charge is -2.32. The number of hydrogen-bond donors (Lipinski definition) is 0. The van der Waals surface area contributed by atoms with Gasteiger partial charge in [0.15, 0.2) is 0 Å². The molecule has 1 saturated heterocycles. The summed E-state index contributed by atoms with van der Waals surface area (Å²) in [6.45, 7) is -0.0900. The van der Waals surface area contributed by atoms with Gasteiger partial charge >= 0.3 is 0 Å². The van der Waals surface area contributed by atoms with Crippen LogP contribution in [-0.2, 0) is 0 Å². The Bertz CT molecular complexity index is 702. The van der Waals surface area contributed by atoms with Crippen molar-refractivity contribution >= 4 is 32.6 Å². The minimum atomic E-state index is -2.77. The monoisotopic (exact) mass is 353 g/mol. The number of halogens is 3. The molecular weight excluding hydrogens is 340 g/mol. The molecule has 0 spiro atoms. The van der Waals surface area contributed by atoms with Crippen LogP contribution in [0.3, 0.4) is 0 Å². The van der Waals surface area contributed by atoms with Crippen LogP contribution < -0.4 is 0 Å². The number of likely N-dealkylation sites (tertiary alicyclic amines) is 1. The highest BCUT2D eigenvalue weighted by atomic mass is 79.9. The summed E-state index contributed by atoms with van der Waals surface area (Å²) < 4.78 is 27.8. The molecule has 0 aliphatic carbocycles. The average molecular weight is 354 g/mol.